The summed E-state index contributed by atoms with van der Waals surface area (Å²) in [6.07, 6.45) is 1.62. The molecule has 1 unspecified atom stereocenters. The molecule has 4 rings (SSSR count). The number of amidine groups is 1. The normalized spacial score (nSPS) is 13.0. The Bertz CT molecular complexity index is 1970. The van der Waals surface area contributed by atoms with E-state index in [0.29, 0.717) is 12.1 Å². The minimum atomic E-state index is -4.85. The number of phenols is 1. The van der Waals surface area contributed by atoms with E-state index in [1.165, 1.54) is 0 Å². The Balaban J connectivity index is 0.00000650. The van der Waals surface area contributed by atoms with E-state index in [1.807, 2.05) is 6.92 Å². The van der Waals surface area contributed by atoms with Crippen LogP contribution in [0.5, 0.6) is 5.75 Å². The minimum Gasteiger partial charge on any atom is -0.571 e. The summed E-state index contributed by atoms with van der Waals surface area (Å²) in [4.78, 5) is 22.5. The smallest absolute Gasteiger partial charge is 0.571 e. The number of aromatic hydroxyl groups is 1. The molecular formula is C27H27ClCuN10O8S2. The summed E-state index contributed by atoms with van der Waals surface area (Å²) in [5.41, 5.74) is 3.13. The number of aromatic nitrogens is 3. The molecule has 8 N–H and O–H groups in total. The van der Waals surface area contributed by atoms with E-state index in [-0.39, 0.29) is 68.0 Å². The van der Waals surface area contributed by atoms with Gasteiger partial charge in [0.15, 0.2) is 5.84 Å². The van der Waals surface area contributed by atoms with Crippen LogP contribution in [0.2, 0.25) is 5.28 Å². The summed E-state index contributed by atoms with van der Waals surface area (Å²) < 4.78 is 63.0. The summed E-state index contributed by atoms with van der Waals surface area (Å²) in [6.45, 7) is 2.40. The van der Waals surface area contributed by atoms with Crippen molar-refractivity contribution < 1.29 is 53.6 Å². The van der Waals surface area contributed by atoms with Gasteiger partial charge < -0.3 is 50.0 Å². The van der Waals surface area contributed by atoms with Gasteiger partial charge in [-0.25, -0.2) is 5.11 Å². The molecule has 0 bridgehead atoms. The molecule has 4 aromatic rings. The number of nitrogens with zero attached hydrogens (tertiary/aromatic N) is 7. The van der Waals surface area contributed by atoms with E-state index >= 15 is 0 Å². The average Bonchev–Trinajstić information content (AvgIpc) is 3.01. The predicted octanol–water partition coefficient (Wildman–Crippen LogP) is 5.43. The van der Waals surface area contributed by atoms with Gasteiger partial charge in [-0.05, 0) is 37.3 Å². The Morgan fingerprint density at radius 1 is 1.00 bits per heavy atom. The number of hydrogen-bond acceptors (Lipinski definition) is 15. The summed E-state index contributed by atoms with van der Waals surface area (Å²) >= 11 is 6.05. The van der Waals surface area contributed by atoms with Crippen molar-refractivity contribution >= 4 is 73.7 Å². The van der Waals surface area contributed by atoms with Crippen LogP contribution >= 0.6 is 22.5 Å². The van der Waals surface area contributed by atoms with Gasteiger partial charge in [-0.2, -0.15) is 29.4 Å². The van der Waals surface area contributed by atoms with Crippen molar-refractivity contribution in [2.24, 2.45) is 15.3 Å². The molecular weight excluding hydrogens is 755 g/mol. The van der Waals surface area contributed by atoms with Gasteiger partial charge in [0.1, 0.15) is 16.6 Å². The molecule has 3 aromatic carbocycles. The van der Waals surface area contributed by atoms with Crippen molar-refractivity contribution in [3.63, 3.8) is 0 Å². The Labute approximate surface area is 297 Å². The van der Waals surface area contributed by atoms with Crippen molar-refractivity contribution in [2.45, 2.75) is 22.8 Å². The van der Waals surface area contributed by atoms with E-state index in [2.05, 4.69) is 51.7 Å². The van der Waals surface area contributed by atoms with Crippen molar-refractivity contribution in [3.05, 3.63) is 82.5 Å². The number of halogens is 1. The maximum atomic E-state index is 12.1. The average molecular weight is 783 g/mol. The van der Waals surface area contributed by atoms with Gasteiger partial charge in [0.2, 0.25) is 17.2 Å². The number of phenolic OH excluding ortho intramolecular Hbond substituents is 1. The first kappa shape index (κ1) is 39.2. The molecule has 0 saturated heterocycles. The SMILES string of the molecule is CNCC(C)Nc1nc(Cl)nc(Nc2cc(S(=O)(=O)O)cc([N-]N=C(N=Nc3cc(S(O)(O)O)ccc3[C-]=O)c3ccccc3)c2O)n1.[Cu+2]. The van der Waals surface area contributed by atoms with Gasteiger partial charge in [0.05, 0.1) is 16.9 Å². The van der Waals surface area contributed by atoms with E-state index in [9.17, 15) is 36.5 Å². The van der Waals surface area contributed by atoms with Crippen LogP contribution in [-0.4, -0.2) is 78.4 Å². The monoisotopic (exact) mass is 781 g/mol. The summed E-state index contributed by atoms with van der Waals surface area (Å²) in [6, 6.07) is 12.9. The largest absolute Gasteiger partial charge is 2.00 e. The first-order valence-corrected chi connectivity index (χ1v) is 16.7. The molecule has 0 saturated carbocycles. The van der Waals surface area contributed by atoms with Crippen LogP contribution in [0, 0.1) is 0 Å². The Morgan fingerprint density at radius 3 is 2.33 bits per heavy atom. The topological polar surface area (TPSA) is 278 Å². The van der Waals surface area contributed by atoms with Gasteiger partial charge in [-0.1, -0.05) is 54.2 Å². The standard InChI is InChI=1S/C27H27ClN10O8S2.Cu/c1-15(13-29-2)30-26-32-25(28)33-27(34-26)31-21-11-19(48(44,45)46)12-22(23(21)40)36-38-24(16-6-4-3-5-7-16)37-35-20-10-18(47(41,42)43)9-8-17(20)14-39;/h3-12,15,29H,13H2,1-2H3,(H7-,30,31,32,33,34,35,36,37,38,39,40,41,42,43,44,45,46);/q-2;+2. The molecule has 263 valence electrons. The number of hydrogen-bond donors (Lipinski definition) is 8. The van der Waals surface area contributed by atoms with Crippen LogP contribution in [0.1, 0.15) is 18.1 Å². The maximum absolute atomic E-state index is 12.1. The van der Waals surface area contributed by atoms with Crippen molar-refractivity contribution in [1.82, 2.24) is 20.3 Å². The molecule has 0 aliphatic carbocycles. The fraction of sp³-hybridized carbons (Fsp3) is 0.148. The number of nitrogens with one attached hydrogen (secondary N) is 3. The molecule has 1 heterocycles. The molecule has 0 fully saturated rings. The zero-order valence-corrected chi connectivity index (χ0v) is 28.5. The Kier molecular flexibility index (Phi) is 13.5. The second-order valence-electron chi connectivity index (χ2n) is 9.68. The van der Waals surface area contributed by atoms with Crippen molar-refractivity contribution in [3.8, 4) is 5.75 Å². The minimum absolute atomic E-state index is 0. The maximum Gasteiger partial charge on any atom is 2.00 e. The number of rotatable bonds is 13. The number of likely N-dealkylation sites (N-methyl/N-ethyl adjacent to an activating group) is 1. The van der Waals surface area contributed by atoms with E-state index in [0.717, 1.165) is 30.3 Å². The fourth-order valence-electron chi connectivity index (χ4n) is 3.86. The molecule has 49 heavy (non-hydrogen) atoms. The molecule has 18 nitrogen and oxygen atoms in total. The van der Waals surface area contributed by atoms with Crippen LogP contribution < -0.4 is 16.0 Å². The van der Waals surface area contributed by atoms with Crippen molar-refractivity contribution in [2.75, 3.05) is 24.2 Å². The molecule has 0 spiro atoms. The van der Waals surface area contributed by atoms with Gasteiger partial charge in [-0.15, -0.1) is 10.7 Å². The van der Waals surface area contributed by atoms with Gasteiger partial charge in [-0.3, -0.25) is 4.55 Å². The number of carbonyl (C=O) groups excluding carboxylic acids is 1. The first-order chi connectivity index (χ1) is 22.7. The first-order valence-electron chi connectivity index (χ1n) is 13.4. The zero-order valence-electron chi connectivity index (χ0n) is 25.1. The molecule has 22 heteroatoms. The van der Waals surface area contributed by atoms with E-state index in [1.54, 1.807) is 43.7 Å². The van der Waals surface area contributed by atoms with Crippen LogP contribution in [-0.2, 0) is 32.0 Å². The second kappa shape index (κ2) is 16.9. The zero-order chi connectivity index (χ0) is 35.1. The summed E-state index contributed by atoms with van der Waals surface area (Å²) in [5, 5.41) is 31.4. The van der Waals surface area contributed by atoms with Gasteiger partial charge in [0.25, 0.3) is 10.1 Å². The predicted molar refractivity (Wildman–Crippen MR) is 179 cm³/mol. The molecule has 1 radical (unpaired) electrons. The van der Waals surface area contributed by atoms with Crippen molar-refractivity contribution in [1.29, 1.82) is 0 Å². The Hall–Kier alpha value is -4.28. The molecule has 1 aromatic heterocycles. The van der Waals surface area contributed by atoms with Crippen LogP contribution in [0.4, 0.5) is 29.0 Å². The summed E-state index contributed by atoms with van der Waals surface area (Å²) in [5.74, 6) is -1.00. The van der Waals surface area contributed by atoms with E-state index in [4.69, 9.17) is 11.6 Å². The van der Waals surface area contributed by atoms with E-state index < -0.39 is 37.3 Å². The third-order valence-corrected chi connectivity index (χ3v) is 7.92. The summed E-state index contributed by atoms with van der Waals surface area (Å²) in [7, 11) is -7.25. The van der Waals surface area contributed by atoms with Gasteiger partial charge >= 0.3 is 17.1 Å². The molecule has 1 atom stereocenters. The fourth-order valence-corrected chi connectivity index (χ4v) is 5.07. The third kappa shape index (κ3) is 10.9. The van der Waals surface area contributed by atoms with Gasteiger partial charge in [0, 0.05) is 23.0 Å². The second-order valence-corrected chi connectivity index (χ2v) is 13.0. The molecule has 0 amide bonds. The molecule has 0 aliphatic heterocycles. The Morgan fingerprint density at radius 2 is 1.69 bits per heavy atom. The number of anilines is 3. The van der Waals surface area contributed by atoms with Crippen LogP contribution in [0.3, 0.4) is 0 Å². The third-order valence-electron chi connectivity index (χ3n) is 6.03. The van der Waals surface area contributed by atoms with Crippen LogP contribution in [0.25, 0.3) is 5.43 Å². The quantitative estimate of drug-likeness (QED) is 0.0123. The number of benzene rings is 3. The number of azo groups is 1. The van der Waals surface area contributed by atoms with Crippen LogP contribution in [0.15, 0.2) is 85.8 Å². The molecule has 0 aliphatic rings.